The molecule has 0 saturated heterocycles. The number of ether oxygens (including phenoxy) is 1. The van der Waals surface area contributed by atoms with Crippen LogP contribution in [0.1, 0.15) is 97.3 Å². The van der Waals surface area contributed by atoms with E-state index in [2.05, 4.69) is 6.92 Å². The van der Waals surface area contributed by atoms with E-state index in [4.69, 9.17) is 9.84 Å². The highest BCUT2D eigenvalue weighted by Crippen LogP contribution is 2.14. The normalized spacial score (nSPS) is 13.9. The lowest BCUT2D eigenvalue weighted by Crippen LogP contribution is -2.38. The maximum atomic E-state index is 11.9. The van der Waals surface area contributed by atoms with Gasteiger partial charge in [0.05, 0.1) is 0 Å². The molecule has 0 saturated carbocycles. The second-order valence-corrected chi connectivity index (χ2v) is 7.19. The molecule has 0 radical (unpaired) electrons. The van der Waals surface area contributed by atoms with Crippen LogP contribution in [0, 0.1) is 0 Å². The Morgan fingerprint density at radius 3 is 1.67 bits per heavy atom. The summed E-state index contributed by atoms with van der Waals surface area (Å²) >= 11 is 0. The zero-order chi connectivity index (χ0) is 18.2. The van der Waals surface area contributed by atoms with Gasteiger partial charge in [-0.2, -0.15) is 0 Å². The molecule has 2 unspecified atom stereocenters. The number of aliphatic hydroxyl groups excluding tert-OH is 1. The number of rotatable bonds is 16. The largest absolute Gasteiger partial charge is 0.435 e. The van der Waals surface area contributed by atoms with Crippen molar-refractivity contribution in [3.63, 3.8) is 0 Å². The Kier molecular flexibility index (Phi) is 15.5. The first-order chi connectivity index (χ1) is 11.5. The molecule has 0 aromatic carbocycles. The van der Waals surface area contributed by atoms with Gasteiger partial charge in [0, 0.05) is 0 Å². The molecule has 0 aromatic heterocycles. The minimum absolute atomic E-state index is 0.247. The third kappa shape index (κ3) is 13.8. The first-order valence-corrected chi connectivity index (χ1v) is 10.0. The highest BCUT2D eigenvalue weighted by Gasteiger charge is 2.22. The van der Waals surface area contributed by atoms with Gasteiger partial charge in [0.15, 0.2) is 6.29 Å². The molecule has 1 N–H and O–H groups in total. The van der Waals surface area contributed by atoms with Crippen LogP contribution in [-0.4, -0.2) is 42.4 Å². The topological polar surface area (TPSA) is 49.8 Å². The maximum Gasteiger partial charge on any atom is 0.325 e. The minimum atomic E-state index is -1.03. The summed E-state index contributed by atoms with van der Waals surface area (Å²) in [6.07, 6.45) is 15.6. The molecule has 4 nitrogen and oxygen atoms in total. The Morgan fingerprint density at radius 1 is 0.875 bits per heavy atom. The van der Waals surface area contributed by atoms with E-state index >= 15 is 0 Å². The van der Waals surface area contributed by atoms with Gasteiger partial charge in [-0.15, -0.1) is 0 Å². The van der Waals surface area contributed by atoms with Gasteiger partial charge in [-0.05, 0) is 27.4 Å². The summed E-state index contributed by atoms with van der Waals surface area (Å²) in [6.45, 7) is 3.73. The SMILES string of the molecule is CCCCCCCCCCCCCCC(C(=O)OC(C)O)N(C)C. The zero-order valence-electron chi connectivity index (χ0n) is 16.6. The summed E-state index contributed by atoms with van der Waals surface area (Å²) in [6, 6.07) is -0.247. The van der Waals surface area contributed by atoms with Crippen LogP contribution in [-0.2, 0) is 9.53 Å². The number of esters is 1. The average molecular weight is 344 g/mol. The number of likely N-dealkylation sites (N-methyl/N-ethyl adjacent to an activating group) is 1. The fraction of sp³-hybridized carbons (Fsp3) is 0.950. The number of unbranched alkanes of at least 4 members (excludes halogenated alkanes) is 11. The Balaban J connectivity index is 3.54. The van der Waals surface area contributed by atoms with Gasteiger partial charge in [-0.1, -0.05) is 84.0 Å². The van der Waals surface area contributed by atoms with E-state index in [1.54, 1.807) is 0 Å². The van der Waals surface area contributed by atoms with Crippen molar-refractivity contribution in [2.75, 3.05) is 14.1 Å². The van der Waals surface area contributed by atoms with Gasteiger partial charge in [-0.25, -0.2) is 0 Å². The summed E-state index contributed by atoms with van der Waals surface area (Å²) in [5.74, 6) is -0.321. The molecule has 0 spiro atoms. The molecule has 0 heterocycles. The van der Waals surface area contributed by atoms with Crippen molar-refractivity contribution in [3.8, 4) is 0 Å². The first kappa shape index (κ1) is 23.4. The standard InChI is InChI=1S/C20H41NO3/c1-5-6-7-8-9-10-11-12-13-14-15-16-17-19(21(3)4)20(23)24-18(2)22/h18-19,22H,5-17H2,1-4H3. The summed E-state index contributed by atoms with van der Waals surface area (Å²) in [5.41, 5.74) is 0. The monoisotopic (exact) mass is 343 g/mol. The van der Waals surface area contributed by atoms with Crippen LogP contribution < -0.4 is 0 Å². The fourth-order valence-electron chi connectivity index (χ4n) is 3.01. The minimum Gasteiger partial charge on any atom is -0.435 e. The molecule has 0 aliphatic carbocycles. The lowest BCUT2D eigenvalue weighted by Gasteiger charge is -2.23. The molecule has 0 fully saturated rings. The summed E-state index contributed by atoms with van der Waals surface area (Å²) in [4.78, 5) is 13.8. The van der Waals surface area contributed by atoms with E-state index in [-0.39, 0.29) is 12.0 Å². The Hall–Kier alpha value is -0.610. The van der Waals surface area contributed by atoms with Crippen molar-refractivity contribution < 1.29 is 14.6 Å². The second kappa shape index (κ2) is 15.9. The van der Waals surface area contributed by atoms with Crippen LogP contribution in [0.4, 0.5) is 0 Å². The van der Waals surface area contributed by atoms with Gasteiger partial charge in [0.1, 0.15) is 6.04 Å². The molecule has 2 atom stereocenters. The predicted molar refractivity (Wildman–Crippen MR) is 101 cm³/mol. The summed E-state index contributed by atoms with van der Waals surface area (Å²) in [7, 11) is 3.77. The number of nitrogens with zero attached hydrogens (tertiary/aromatic N) is 1. The van der Waals surface area contributed by atoms with Crippen molar-refractivity contribution in [3.05, 3.63) is 0 Å². The van der Waals surface area contributed by atoms with Crippen LogP contribution >= 0.6 is 0 Å². The van der Waals surface area contributed by atoms with Gasteiger partial charge < -0.3 is 9.84 Å². The smallest absolute Gasteiger partial charge is 0.325 e. The molecule has 24 heavy (non-hydrogen) atoms. The van der Waals surface area contributed by atoms with Gasteiger partial charge >= 0.3 is 5.97 Å². The number of aliphatic hydroxyl groups is 1. The van der Waals surface area contributed by atoms with Crippen molar-refractivity contribution in [2.45, 2.75) is 110 Å². The fourth-order valence-corrected chi connectivity index (χ4v) is 3.01. The number of carbonyl (C=O) groups excluding carboxylic acids is 1. The molecule has 0 amide bonds. The highest BCUT2D eigenvalue weighted by atomic mass is 16.6. The molecule has 4 heteroatoms. The Labute approximate surface area is 150 Å². The predicted octanol–water partition coefficient (Wildman–Crippen LogP) is 4.89. The van der Waals surface area contributed by atoms with Crippen molar-refractivity contribution in [1.29, 1.82) is 0 Å². The third-order valence-electron chi connectivity index (χ3n) is 4.51. The first-order valence-electron chi connectivity index (χ1n) is 10.0. The van der Waals surface area contributed by atoms with Crippen LogP contribution in [0.15, 0.2) is 0 Å². The van der Waals surface area contributed by atoms with Crippen LogP contribution in [0.3, 0.4) is 0 Å². The number of hydrogen-bond acceptors (Lipinski definition) is 4. The van der Waals surface area contributed by atoms with Crippen molar-refractivity contribution >= 4 is 5.97 Å². The van der Waals surface area contributed by atoms with E-state index < -0.39 is 6.29 Å². The molecule has 144 valence electrons. The van der Waals surface area contributed by atoms with Crippen LogP contribution in [0.5, 0.6) is 0 Å². The summed E-state index contributed by atoms with van der Waals surface area (Å²) in [5, 5.41) is 9.16. The molecular formula is C20H41NO3. The average Bonchev–Trinajstić information content (AvgIpc) is 2.50. The van der Waals surface area contributed by atoms with Crippen LogP contribution in [0.25, 0.3) is 0 Å². The molecule has 0 aliphatic heterocycles. The van der Waals surface area contributed by atoms with Crippen molar-refractivity contribution in [2.24, 2.45) is 0 Å². The van der Waals surface area contributed by atoms with E-state index in [0.717, 1.165) is 12.8 Å². The molecule has 0 bridgehead atoms. The van der Waals surface area contributed by atoms with Gasteiger partial charge in [0.2, 0.25) is 0 Å². The number of carbonyl (C=O) groups is 1. The van der Waals surface area contributed by atoms with Crippen LogP contribution in [0.2, 0.25) is 0 Å². The van der Waals surface area contributed by atoms with Crippen molar-refractivity contribution in [1.82, 2.24) is 4.90 Å². The lowest BCUT2D eigenvalue weighted by atomic mass is 10.0. The summed E-state index contributed by atoms with van der Waals surface area (Å²) < 4.78 is 4.91. The molecule has 0 aliphatic rings. The Bertz CT molecular complexity index is 293. The lowest BCUT2D eigenvalue weighted by molar-refractivity contribution is -0.170. The van der Waals surface area contributed by atoms with Gasteiger partial charge in [0.25, 0.3) is 0 Å². The van der Waals surface area contributed by atoms with Gasteiger partial charge in [-0.3, -0.25) is 9.69 Å². The molecular weight excluding hydrogens is 302 g/mol. The van der Waals surface area contributed by atoms with E-state index in [9.17, 15) is 4.79 Å². The van der Waals surface area contributed by atoms with E-state index in [1.807, 2.05) is 19.0 Å². The molecule has 0 aromatic rings. The Morgan fingerprint density at radius 2 is 1.29 bits per heavy atom. The maximum absolute atomic E-state index is 11.9. The van der Waals surface area contributed by atoms with E-state index in [0.29, 0.717) is 0 Å². The zero-order valence-corrected chi connectivity index (χ0v) is 16.6. The second-order valence-electron chi connectivity index (χ2n) is 7.19. The third-order valence-corrected chi connectivity index (χ3v) is 4.51. The molecule has 0 rings (SSSR count). The van der Waals surface area contributed by atoms with E-state index in [1.165, 1.54) is 77.6 Å². The quantitative estimate of drug-likeness (QED) is 0.246. The number of hydrogen-bond donors (Lipinski definition) is 1. The highest BCUT2D eigenvalue weighted by molar-refractivity contribution is 5.75.